The molecule has 0 saturated carbocycles. The number of thioether (sulfide) groups is 1. The maximum absolute atomic E-state index is 11.5. The zero-order valence-corrected chi connectivity index (χ0v) is 11.3. The lowest BCUT2D eigenvalue weighted by molar-refractivity contribution is -0.134. The van der Waals surface area contributed by atoms with Crippen molar-refractivity contribution in [1.29, 1.82) is 0 Å². The van der Waals surface area contributed by atoms with E-state index in [4.69, 9.17) is 10.8 Å². The van der Waals surface area contributed by atoms with Crippen LogP contribution in [0, 0.1) is 0 Å². The lowest BCUT2D eigenvalue weighted by atomic mass is 10.1. The van der Waals surface area contributed by atoms with Crippen LogP contribution in [-0.2, 0) is 9.59 Å². The van der Waals surface area contributed by atoms with Crippen molar-refractivity contribution < 1.29 is 14.7 Å². The number of piperidine rings is 1. The predicted octanol–water partition coefficient (Wildman–Crippen LogP) is -0.170. The number of carbonyl (C=O) groups is 2. The second-order valence-corrected chi connectivity index (χ2v) is 5.30. The fourth-order valence-corrected chi connectivity index (χ4v) is 2.79. The summed E-state index contributed by atoms with van der Waals surface area (Å²) < 4.78 is 1.72. The van der Waals surface area contributed by atoms with Crippen LogP contribution >= 0.6 is 11.8 Å². The summed E-state index contributed by atoms with van der Waals surface area (Å²) in [6.45, 7) is 0.529. The number of carbonyl (C=O) groups excluding carboxylic acids is 1. The Balaban J connectivity index is 2.16. The SMILES string of the molecule is CN1CC(n2c(N)nnc2SCC(=O)O)CCC1=O. The molecule has 2 heterocycles. The summed E-state index contributed by atoms with van der Waals surface area (Å²) >= 11 is 1.08. The van der Waals surface area contributed by atoms with Crippen LogP contribution in [0.25, 0.3) is 0 Å². The molecule has 1 aromatic rings. The molecule has 9 heteroatoms. The molecule has 3 N–H and O–H groups in total. The number of carboxylic acid groups (broad SMARTS) is 1. The summed E-state index contributed by atoms with van der Waals surface area (Å²) in [7, 11) is 1.74. The first-order valence-corrected chi connectivity index (χ1v) is 6.76. The van der Waals surface area contributed by atoms with Gasteiger partial charge in [-0.25, -0.2) is 0 Å². The first-order chi connectivity index (χ1) is 8.99. The van der Waals surface area contributed by atoms with Gasteiger partial charge in [0, 0.05) is 20.0 Å². The van der Waals surface area contributed by atoms with Crippen LogP contribution in [-0.4, -0.2) is 56.0 Å². The number of amides is 1. The summed E-state index contributed by atoms with van der Waals surface area (Å²) in [5.74, 6) is -0.670. The van der Waals surface area contributed by atoms with E-state index in [-0.39, 0.29) is 23.7 Å². The number of aromatic nitrogens is 3. The molecule has 19 heavy (non-hydrogen) atoms. The molecule has 0 aromatic carbocycles. The Morgan fingerprint density at radius 2 is 2.32 bits per heavy atom. The summed E-state index contributed by atoms with van der Waals surface area (Å²) in [5, 5.41) is 16.9. The molecular weight excluding hydrogens is 270 g/mol. The van der Waals surface area contributed by atoms with Crippen molar-refractivity contribution in [2.45, 2.75) is 24.0 Å². The Morgan fingerprint density at radius 1 is 1.58 bits per heavy atom. The fraction of sp³-hybridized carbons (Fsp3) is 0.600. The molecule has 1 atom stereocenters. The molecule has 2 rings (SSSR count). The van der Waals surface area contributed by atoms with E-state index in [2.05, 4.69) is 10.2 Å². The average molecular weight is 285 g/mol. The molecule has 104 valence electrons. The number of nitrogen functional groups attached to an aromatic ring is 1. The third kappa shape index (κ3) is 2.98. The van der Waals surface area contributed by atoms with Crippen molar-refractivity contribution in [1.82, 2.24) is 19.7 Å². The minimum absolute atomic E-state index is 0.00556. The summed E-state index contributed by atoms with van der Waals surface area (Å²) in [5.41, 5.74) is 5.78. The second-order valence-electron chi connectivity index (χ2n) is 4.36. The van der Waals surface area contributed by atoms with Gasteiger partial charge in [-0.15, -0.1) is 10.2 Å². The van der Waals surface area contributed by atoms with E-state index >= 15 is 0 Å². The fourth-order valence-electron chi connectivity index (χ4n) is 2.06. The molecule has 8 nitrogen and oxygen atoms in total. The third-order valence-electron chi connectivity index (χ3n) is 2.98. The average Bonchev–Trinajstić information content (AvgIpc) is 2.71. The van der Waals surface area contributed by atoms with E-state index in [9.17, 15) is 9.59 Å². The predicted molar refractivity (Wildman–Crippen MR) is 68.7 cm³/mol. The molecule has 1 aliphatic heterocycles. The normalized spacial score (nSPS) is 19.7. The van der Waals surface area contributed by atoms with Crippen molar-refractivity contribution in [3.63, 3.8) is 0 Å². The van der Waals surface area contributed by atoms with Crippen molar-refractivity contribution in [3.8, 4) is 0 Å². The largest absolute Gasteiger partial charge is 0.481 e. The Kier molecular flexibility index (Phi) is 3.93. The summed E-state index contributed by atoms with van der Waals surface area (Å²) in [6.07, 6.45) is 1.11. The lowest BCUT2D eigenvalue weighted by Gasteiger charge is -2.31. The van der Waals surface area contributed by atoms with Crippen LogP contribution < -0.4 is 5.73 Å². The molecule has 1 saturated heterocycles. The number of nitrogens with zero attached hydrogens (tertiary/aromatic N) is 4. The molecule has 1 aliphatic rings. The first kappa shape index (κ1) is 13.7. The zero-order valence-electron chi connectivity index (χ0n) is 10.4. The van der Waals surface area contributed by atoms with Gasteiger partial charge in [-0.05, 0) is 6.42 Å². The van der Waals surface area contributed by atoms with Crippen molar-refractivity contribution in [2.75, 3.05) is 25.1 Å². The number of likely N-dealkylation sites (N-methyl/N-ethyl adjacent to an activating group) is 1. The summed E-state index contributed by atoms with van der Waals surface area (Å²) in [6, 6.07) is -0.00556. The van der Waals surface area contributed by atoms with Crippen LogP contribution in [0.5, 0.6) is 0 Å². The van der Waals surface area contributed by atoms with Gasteiger partial charge in [0.2, 0.25) is 11.9 Å². The molecule has 1 amide bonds. The highest BCUT2D eigenvalue weighted by molar-refractivity contribution is 7.99. The monoisotopic (exact) mass is 285 g/mol. The van der Waals surface area contributed by atoms with E-state index in [0.717, 1.165) is 11.8 Å². The van der Waals surface area contributed by atoms with Gasteiger partial charge in [0.15, 0.2) is 5.16 Å². The quantitative estimate of drug-likeness (QED) is 0.738. The van der Waals surface area contributed by atoms with Gasteiger partial charge in [-0.2, -0.15) is 0 Å². The summed E-state index contributed by atoms with van der Waals surface area (Å²) in [4.78, 5) is 23.7. The van der Waals surface area contributed by atoms with Crippen LogP contribution in [0.2, 0.25) is 0 Å². The topological polar surface area (TPSA) is 114 Å². The molecule has 0 radical (unpaired) electrons. The Bertz CT molecular complexity index is 503. The molecule has 1 unspecified atom stereocenters. The number of anilines is 1. The highest BCUT2D eigenvalue weighted by atomic mass is 32.2. The number of nitrogens with two attached hydrogens (primary N) is 1. The van der Waals surface area contributed by atoms with Gasteiger partial charge >= 0.3 is 5.97 Å². The standard InChI is InChI=1S/C10H15N5O3S/c1-14-4-6(2-3-7(14)16)15-9(11)12-13-10(15)19-5-8(17)18/h6H,2-5H2,1H3,(H2,11,12)(H,17,18). The Hall–Kier alpha value is -1.77. The Morgan fingerprint density at radius 3 is 2.95 bits per heavy atom. The van der Waals surface area contributed by atoms with Gasteiger partial charge in [0.05, 0.1) is 11.8 Å². The van der Waals surface area contributed by atoms with Crippen molar-refractivity contribution in [3.05, 3.63) is 0 Å². The molecule has 0 bridgehead atoms. The first-order valence-electron chi connectivity index (χ1n) is 5.78. The molecule has 0 spiro atoms. The second kappa shape index (κ2) is 5.47. The number of carboxylic acids is 1. The van der Waals surface area contributed by atoms with Gasteiger partial charge in [0.1, 0.15) is 0 Å². The van der Waals surface area contributed by atoms with Crippen LogP contribution in [0.3, 0.4) is 0 Å². The van der Waals surface area contributed by atoms with Crippen molar-refractivity contribution >= 4 is 29.6 Å². The number of hydrogen-bond donors (Lipinski definition) is 2. The van der Waals surface area contributed by atoms with Gasteiger partial charge < -0.3 is 15.7 Å². The minimum atomic E-state index is -0.922. The van der Waals surface area contributed by atoms with E-state index in [1.807, 2.05) is 0 Å². The molecular formula is C10H15N5O3S. The van der Waals surface area contributed by atoms with Crippen LogP contribution in [0.4, 0.5) is 5.95 Å². The van der Waals surface area contributed by atoms with Crippen molar-refractivity contribution in [2.24, 2.45) is 0 Å². The van der Waals surface area contributed by atoms with Crippen LogP contribution in [0.15, 0.2) is 5.16 Å². The van der Waals surface area contributed by atoms with E-state index in [0.29, 0.717) is 24.5 Å². The van der Waals surface area contributed by atoms with E-state index in [1.165, 1.54) is 0 Å². The number of hydrogen-bond acceptors (Lipinski definition) is 6. The third-order valence-corrected chi connectivity index (χ3v) is 3.91. The highest BCUT2D eigenvalue weighted by Gasteiger charge is 2.27. The maximum Gasteiger partial charge on any atom is 0.313 e. The highest BCUT2D eigenvalue weighted by Crippen LogP contribution is 2.28. The number of likely N-dealkylation sites (tertiary alicyclic amines) is 1. The molecule has 0 aliphatic carbocycles. The van der Waals surface area contributed by atoms with E-state index < -0.39 is 5.97 Å². The zero-order chi connectivity index (χ0) is 14.0. The maximum atomic E-state index is 11.5. The molecule has 1 aromatic heterocycles. The minimum Gasteiger partial charge on any atom is -0.481 e. The van der Waals surface area contributed by atoms with Gasteiger partial charge in [-0.1, -0.05) is 11.8 Å². The Labute approximate surface area is 114 Å². The molecule has 1 fully saturated rings. The van der Waals surface area contributed by atoms with Gasteiger partial charge in [0.25, 0.3) is 0 Å². The van der Waals surface area contributed by atoms with E-state index in [1.54, 1.807) is 16.5 Å². The van der Waals surface area contributed by atoms with Gasteiger partial charge in [-0.3, -0.25) is 14.2 Å². The number of rotatable bonds is 4. The lowest BCUT2D eigenvalue weighted by Crippen LogP contribution is -2.38. The smallest absolute Gasteiger partial charge is 0.313 e. The van der Waals surface area contributed by atoms with Crippen LogP contribution in [0.1, 0.15) is 18.9 Å². The number of aliphatic carboxylic acids is 1.